The molecule has 60 valence electrons. The van der Waals surface area contributed by atoms with Gasteiger partial charge in [0.05, 0.1) is 0 Å². The number of aryl methyl sites for hydroxylation is 2. The average Bonchev–Trinajstić information content (AvgIpc) is 2.24. The van der Waals surface area contributed by atoms with Gasteiger partial charge in [0.15, 0.2) is 6.29 Å². The van der Waals surface area contributed by atoms with Crippen LogP contribution in [0, 0.1) is 13.8 Å². The topological polar surface area (TPSA) is 32.9 Å². The van der Waals surface area contributed by atoms with Crippen LogP contribution < -0.4 is 0 Å². The van der Waals surface area contributed by atoms with E-state index in [-0.39, 0.29) is 0 Å². The van der Waals surface area contributed by atoms with Crippen molar-refractivity contribution in [2.24, 2.45) is 0 Å². The number of aromatic amines is 1. The second-order valence-electron chi connectivity index (χ2n) is 2.74. The SMILES string of the molecule is CCc1c(C)[nH]c(C)c1C=O. The van der Waals surface area contributed by atoms with E-state index >= 15 is 0 Å². The lowest BCUT2D eigenvalue weighted by molar-refractivity contribution is 0.112. The quantitative estimate of drug-likeness (QED) is 0.644. The third-order valence-electron chi connectivity index (χ3n) is 2.03. The van der Waals surface area contributed by atoms with Gasteiger partial charge in [-0.25, -0.2) is 0 Å². The number of hydrogen-bond donors (Lipinski definition) is 1. The molecule has 0 saturated heterocycles. The molecule has 1 rings (SSSR count). The van der Waals surface area contributed by atoms with Crippen molar-refractivity contribution >= 4 is 6.29 Å². The first-order valence-electron chi connectivity index (χ1n) is 3.84. The number of nitrogens with one attached hydrogen (secondary N) is 1. The van der Waals surface area contributed by atoms with Crippen molar-refractivity contribution in [3.05, 3.63) is 22.5 Å². The molecule has 1 aromatic heterocycles. The second kappa shape index (κ2) is 2.91. The molecule has 0 fully saturated rings. The molecule has 0 spiro atoms. The van der Waals surface area contributed by atoms with E-state index in [0.29, 0.717) is 0 Å². The Hall–Kier alpha value is -1.05. The van der Waals surface area contributed by atoms with Crippen molar-refractivity contribution < 1.29 is 4.79 Å². The molecule has 0 bridgehead atoms. The lowest BCUT2D eigenvalue weighted by Crippen LogP contribution is -1.87. The van der Waals surface area contributed by atoms with Crippen molar-refractivity contribution in [1.29, 1.82) is 0 Å². The molecule has 1 aromatic rings. The molecule has 0 saturated carbocycles. The Morgan fingerprint density at radius 3 is 2.36 bits per heavy atom. The molecular formula is C9H13NO. The fraction of sp³-hybridized carbons (Fsp3) is 0.444. The summed E-state index contributed by atoms with van der Waals surface area (Å²) in [5, 5.41) is 0. The third kappa shape index (κ3) is 1.20. The molecule has 2 nitrogen and oxygen atoms in total. The summed E-state index contributed by atoms with van der Waals surface area (Å²) in [6.45, 7) is 5.98. The zero-order valence-corrected chi connectivity index (χ0v) is 7.19. The first-order valence-corrected chi connectivity index (χ1v) is 3.84. The van der Waals surface area contributed by atoms with Crippen molar-refractivity contribution in [3.63, 3.8) is 0 Å². The van der Waals surface area contributed by atoms with E-state index in [1.165, 1.54) is 0 Å². The maximum Gasteiger partial charge on any atom is 0.152 e. The minimum Gasteiger partial charge on any atom is -0.362 e. The molecule has 0 aliphatic rings. The summed E-state index contributed by atoms with van der Waals surface area (Å²) in [5.74, 6) is 0. The highest BCUT2D eigenvalue weighted by molar-refractivity contribution is 5.79. The van der Waals surface area contributed by atoms with Crippen LogP contribution in [0.2, 0.25) is 0 Å². The summed E-state index contributed by atoms with van der Waals surface area (Å²) < 4.78 is 0. The zero-order valence-electron chi connectivity index (χ0n) is 7.19. The average molecular weight is 151 g/mol. The maximum absolute atomic E-state index is 10.6. The predicted octanol–water partition coefficient (Wildman–Crippen LogP) is 2.01. The summed E-state index contributed by atoms with van der Waals surface area (Å²) in [6, 6.07) is 0. The standard InChI is InChI=1S/C9H13NO/c1-4-8-6(2)10-7(3)9(8)5-11/h5,10H,4H2,1-3H3. The number of carbonyl (C=O) groups is 1. The van der Waals surface area contributed by atoms with Crippen LogP contribution in [0.15, 0.2) is 0 Å². The van der Waals surface area contributed by atoms with Gasteiger partial charge in [-0.15, -0.1) is 0 Å². The normalized spacial score (nSPS) is 10.1. The van der Waals surface area contributed by atoms with Gasteiger partial charge in [-0.2, -0.15) is 0 Å². The van der Waals surface area contributed by atoms with E-state index < -0.39 is 0 Å². The number of rotatable bonds is 2. The Morgan fingerprint density at radius 2 is 2.00 bits per heavy atom. The molecular weight excluding hydrogens is 138 g/mol. The van der Waals surface area contributed by atoms with Crippen molar-refractivity contribution in [2.45, 2.75) is 27.2 Å². The van der Waals surface area contributed by atoms with Crippen LogP contribution in [0.1, 0.15) is 34.2 Å². The Bertz CT molecular complexity index is 273. The summed E-state index contributed by atoms with van der Waals surface area (Å²) >= 11 is 0. The van der Waals surface area contributed by atoms with Gasteiger partial charge in [-0.05, 0) is 25.8 Å². The molecule has 0 atom stereocenters. The van der Waals surface area contributed by atoms with Gasteiger partial charge in [0.25, 0.3) is 0 Å². The highest BCUT2D eigenvalue weighted by Gasteiger charge is 2.08. The van der Waals surface area contributed by atoms with Gasteiger partial charge in [0, 0.05) is 17.0 Å². The number of H-pyrrole nitrogens is 1. The molecule has 0 unspecified atom stereocenters. The molecule has 0 radical (unpaired) electrons. The van der Waals surface area contributed by atoms with Gasteiger partial charge in [0.2, 0.25) is 0 Å². The van der Waals surface area contributed by atoms with Gasteiger partial charge in [-0.3, -0.25) is 4.79 Å². The van der Waals surface area contributed by atoms with Crippen LogP contribution in [-0.2, 0) is 6.42 Å². The van der Waals surface area contributed by atoms with E-state index in [2.05, 4.69) is 11.9 Å². The monoisotopic (exact) mass is 151 g/mol. The van der Waals surface area contributed by atoms with Gasteiger partial charge < -0.3 is 4.98 Å². The number of aromatic nitrogens is 1. The van der Waals surface area contributed by atoms with Crippen LogP contribution in [0.25, 0.3) is 0 Å². The lowest BCUT2D eigenvalue weighted by atomic mass is 10.1. The van der Waals surface area contributed by atoms with E-state index in [9.17, 15) is 4.79 Å². The van der Waals surface area contributed by atoms with Gasteiger partial charge >= 0.3 is 0 Å². The molecule has 1 heterocycles. The van der Waals surface area contributed by atoms with Crippen molar-refractivity contribution in [1.82, 2.24) is 4.98 Å². The van der Waals surface area contributed by atoms with Crippen LogP contribution in [0.5, 0.6) is 0 Å². The van der Waals surface area contributed by atoms with Gasteiger partial charge in [-0.1, -0.05) is 6.92 Å². The fourth-order valence-corrected chi connectivity index (χ4v) is 1.47. The van der Waals surface area contributed by atoms with E-state index in [0.717, 1.165) is 35.2 Å². The minimum atomic E-state index is 0.838. The van der Waals surface area contributed by atoms with Gasteiger partial charge in [0.1, 0.15) is 0 Å². The second-order valence-corrected chi connectivity index (χ2v) is 2.74. The number of carbonyl (C=O) groups excluding carboxylic acids is 1. The van der Waals surface area contributed by atoms with Crippen LogP contribution in [0.4, 0.5) is 0 Å². The third-order valence-corrected chi connectivity index (χ3v) is 2.03. The molecule has 0 aliphatic heterocycles. The molecule has 11 heavy (non-hydrogen) atoms. The summed E-state index contributed by atoms with van der Waals surface area (Å²) in [6.07, 6.45) is 1.85. The Morgan fingerprint density at radius 1 is 1.36 bits per heavy atom. The van der Waals surface area contributed by atoms with E-state index in [1.807, 2.05) is 13.8 Å². The number of hydrogen-bond acceptors (Lipinski definition) is 1. The zero-order chi connectivity index (χ0) is 8.43. The molecule has 0 aliphatic carbocycles. The Kier molecular flexibility index (Phi) is 2.13. The summed E-state index contributed by atoms with van der Waals surface area (Å²) in [5.41, 5.74) is 4.09. The van der Waals surface area contributed by atoms with Crippen LogP contribution >= 0.6 is 0 Å². The molecule has 0 aromatic carbocycles. The maximum atomic E-state index is 10.6. The van der Waals surface area contributed by atoms with Crippen LogP contribution in [0.3, 0.4) is 0 Å². The van der Waals surface area contributed by atoms with Crippen molar-refractivity contribution in [3.8, 4) is 0 Å². The lowest BCUT2D eigenvalue weighted by Gasteiger charge is -1.93. The predicted molar refractivity (Wildman–Crippen MR) is 45.0 cm³/mol. The summed E-state index contributed by atoms with van der Waals surface area (Å²) in [4.78, 5) is 13.7. The first kappa shape index (κ1) is 8.05. The smallest absolute Gasteiger partial charge is 0.152 e. The number of aldehydes is 1. The Labute approximate surface area is 66.6 Å². The molecule has 1 N–H and O–H groups in total. The van der Waals surface area contributed by atoms with E-state index in [1.54, 1.807) is 0 Å². The minimum absolute atomic E-state index is 0.838. The molecule has 2 heteroatoms. The largest absolute Gasteiger partial charge is 0.362 e. The molecule has 0 amide bonds. The first-order chi connectivity index (χ1) is 5.20. The van der Waals surface area contributed by atoms with E-state index in [4.69, 9.17) is 0 Å². The fourth-order valence-electron chi connectivity index (χ4n) is 1.47. The van der Waals surface area contributed by atoms with Crippen LogP contribution in [-0.4, -0.2) is 11.3 Å². The Balaban J connectivity index is 3.28. The van der Waals surface area contributed by atoms with Crippen molar-refractivity contribution in [2.75, 3.05) is 0 Å². The summed E-state index contributed by atoms with van der Waals surface area (Å²) in [7, 11) is 0. The highest BCUT2D eigenvalue weighted by Crippen LogP contribution is 2.16. The highest BCUT2D eigenvalue weighted by atomic mass is 16.1.